The Hall–Kier alpha value is -5.41. The number of benzene rings is 4. The molecule has 0 radical (unpaired) electrons. The predicted octanol–water partition coefficient (Wildman–Crippen LogP) is 8.41. The van der Waals surface area contributed by atoms with Gasteiger partial charge in [-0.2, -0.15) is 5.26 Å². The van der Waals surface area contributed by atoms with E-state index in [0.717, 1.165) is 41.5 Å². The van der Waals surface area contributed by atoms with Gasteiger partial charge < -0.3 is 14.8 Å². The number of anilines is 1. The molecule has 6 nitrogen and oxygen atoms in total. The first-order valence-electron chi connectivity index (χ1n) is 15.4. The fourth-order valence-corrected chi connectivity index (χ4v) is 6.01. The Morgan fingerprint density at radius 2 is 1.62 bits per heavy atom. The van der Waals surface area contributed by atoms with E-state index in [0.29, 0.717) is 29.0 Å². The van der Waals surface area contributed by atoms with Crippen molar-refractivity contribution in [3.8, 4) is 22.9 Å². The van der Waals surface area contributed by atoms with Crippen LogP contribution in [0.3, 0.4) is 0 Å². The second-order valence-electron chi connectivity index (χ2n) is 11.7. The molecule has 45 heavy (non-hydrogen) atoms. The van der Waals surface area contributed by atoms with Crippen LogP contribution in [-0.4, -0.2) is 11.0 Å². The normalized spacial score (nSPS) is 13.9. The van der Waals surface area contributed by atoms with E-state index in [4.69, 9.17) is 9.68 Å². The van der Waals surface area contributed by atoms with Crippen molar-refractivity contribution in [2.45, 2.75) is 44.4 Å². The monoisotopic (exact) mass is 594 g/mol. The third kappa shape index (κ3) is 6.73. The highest BCUT2D eigenvalue weighted by atomic mass is 16.4. The molecule has 2 N–H and O–H groups in total. The average molecular weight is 595 g/mol. The van der Waals surface area contributed by atoms with E-state index in [2.05, 4.69) is 30.4 Å². The van der Waals surface area contributed by atoms with E-state index < -0.39 is 5.63 Å². The van der Waals surface area contributed by atoms with Crippen molar-refractivity contribution in [1.82, 2.24) is 0 Å². The summed E-state index contributed by atoms with van der Waals surface area (Å²) in [7, 11) is 0. The third-order valence-electron chi connectivity index (χ3n) is 8.61. The second-order valence-corrected chi connectivity index (χ2v) is 11.7. The number of hydrogen-bond donors (Lipinski definition) is 2. The highest BCUT2D eigenvalue weighted by molar-refractivity contribution is 6.04. The molecule has 0 bridgehead atoms. The molecule has 1 aliphatic rings. The smallest absolute Gasteiger partial charge is 0.343 e. The molecule has 2 unspecified atom stereocenters. The average Bonchev–Trinajstić information content (AvgIpc) is 3.91. The van der Waals surface area contributed by atoms with Gasteiger partial charge in [-0.1, -0.05) is 73.7 Å². The van der Waals surface area contributed by atoms with Gasteiger partial charge in [0.15, 0.2) is 0 Å². The van der Waals surface area contributed by atoms with Crippen molar-refractivity contribution in [3.63, 3.8) is 0 Å². The molecule has 5 aromatic rings. The lowest BCUT2D eigenvalue weighted by Gasteiger charge is -2.20. The molecule has 0 spiro atoms. The molecule has 1 aliphatic carbocycles. The van der Waals surface area contributed by atoms with E-state index in [9.17, 15) is 14.7 Å². The number of nitriles is 1. The minimum absolute atomic E-state index is 0.0313. The van der Waals surface area contributed by atoms with Gasteiger partial charge in [0.1, 0.15) is 11.5 Å². The molecule has 1 fully saturated rings. The molecule has 0 aliphatic heterocycles. The number of nitrogens with zero attached hydrogens (tertiary/aromatic N) is 1. The van der Waals surface area contributed by atoms with Crippen LogP contribution in [0.2, 0.25) is 0 Å². The van der Waals surface area contributed by atoms with Gasteiger partial charge in [0.25, 0.3) is 5.91 Å². The summed E-state index contributed by atoms with van der Waals surface area (Å²) in [6.45, 7) is 2.05. The highest BCUT2D eigenvalue weighted by Gasteiger charge is 2.37. The summed E-state index contributed by atoms with van der Waals surface area (Å²) in [6.07, 6.45) is 3.37. The summed E-state index contributed by atoms with van der Waals surface area (Å²) in [6, 6.07) is 35.9. The van der Waals surface area contributed by atoms with Gasteiger partial charge in [-0.25, -0.2) is 4.79 Å². The Balaban J connectivity index is 1.21. The highest BCUT2D eigenvalue weighted by Crippen LogP contribution is 2.48. The summed E-state index contributed by atoms with van der Waals surface area (Å²) < 4.78 is 5.90. The van der Waals surface area contributed by atoms with Crippen molar-refractivity contribution in [3.05, 3.63) is 153 Å². The molecule has 224 valence electrons. The van der Waals surface area contributed by atoms with Crippen molar-refractivity contribution < 1.29 is 14.3 Å². The van der Waals surface area contributed by atoms with E-state index in [1.165, 1.54) is 0 Å². The van der Waals surface area contributed by atoms with Crippen LogP contribution in [0, 0.1) is 17.2 Å². The minimum atomic E-state index is -0.509. The summed E-state index contributed by atoms with van der Waals surface area (Å²) >= 11 is 0. The first-order valence-corrected chi connectivity index (χ1v) is 15.4. The van der Waals surface area contributed by atoms with Crippen molar-refractivity contribution in [2.75, 3.05) is 5.32 Å². The summed E-state index contributed by atoms with van der Waals surface area (Å²) in [4.78, 5) is 26.6. The van der Waals surface area contributed by atoms with Gasteiger partial charge in [-0.15, -0.1) is 0 Å². The first kappa shape index (κ1) is 29.7. The van der Waals surface area contributed by atoms with Crippen LogP contribution in [0.4, 0.5) is 5.69 Å². The van der Waals surface area contributed by atoms with Crippen LogP contribution >= 0.6 is 0 Å². The van der Waals surface area contributed by atoms with Crippen molar-refractivity contribution >= 4 is 11.6 Å². The number of carbonyl (C=O) groups excluding carboxylic acids is 1. The number of amides is 1. The molecule has 4 aromatic carbocycles. The van der Waals surface area contributed by atoms with Gasteiger partial charge in [0.05, 0.1) is 17.2 Å². The van der Waals surface area contributed by atoms with Gasteiger partial charge in [-0.3, -0.25) is 4.79 Å². The first-order chi connectivity index (χ1) is 21.9. The Kier molecular flexibility index (Phi) is 8.61. The molecule has 6 rings (SSSR count). The zero-order valence-corrected chi connectivity index (χ0v) is 25.1. The molecule has 1 amide bonds. The van der Waals surface area contributed by atoms with Crippen molar-refractivity contribution in [1.29, 1.82) is 5.26 Å². The summed E-state index contributed by atoms with van der Waals surface area (Å²) in [5, 5.41) is 23.3. The Labute approximate surface area is 262 Å². The molecular formula is C39H34N2O4. The van der Waals surface area contributed by atoms with Gasteiger partial charge >= 0.3 is 5.63 Å². The van der Waals surface area contributed by atoms with Crippen LogP contribution in [-0.2, 0) is 6.42 Å². The van der Waals surface area contributed by atoms with E-state index in [-0.39, 0.29) is 35.0 Å². The van der Waals surface area contributed by atoms with E-state index in [1.807, 2.05) is 66.7 Å². The molecule has 1 saturated carbocycles. The maximum absolute atomic E-state index is 13.5. The quantitative estimate of drug-likeness (QED) is 0.169. The number of aromatic hydroxyl groups is 1. The zero-order chi connectivity index (χ0) is 31.3. The molecule has 6 heteroatoms. The van der Waals surface area contributed by atoms with Crippen LogP contribution < -0.4 is 10.9 Å². The second kappa shape index (κ2) is 13.1. The molecule has 1 aromatic heterocycles. The summed E-state index contributed by atoms with van der Waals surface area (Å²) in [5.74, 6) is 0.0351. The van der Waals surface area contributed by atoms with Gasteiger partial charge in [-0.05, 0) is 90.3 Å². The largest absolute Gasteiger partial charge is 0.507 e. The Bertz CT molecular complexity index is 1900. The summed E-state index contributed by atoms with van der Waals surface area (Å²) in [5.41, 5.74) is 5.37. The number of rotatable bonds is 10. The van der Waals surface area contributed by atoms with Crippen LogP contribution in [0.5, 0.6) is 5.75 Å². The predicted molar refractivity (Wildman–Crippen MR) is 175 cm³/mol. The third-order valence-corrected chi connectivity index (χ3v) is 8.61. The topological polar surface area (TPSA) is 103 Å². The van der Waals surface area contributed by atoms with Crippen LogP contribution in [0.15, 0.2) is 118 Å². The van der Waals surface area contributed by atoms with Crippen molar-refractivity contribution in [2.24, 2.45) is 5.92 Å². The lowest BCUT2D eigenvalue weighted by Crippen LogP contribution is -2.18. The molecular weight excluding hydrogens is 560 g/mol. The standard InChI is InChI=1S/C39H34N2O4/c1-2-27(21-25-7-4-3-5-8-25)35-23-34(42)37(39(44)45-35)36(30-17-18-30)32-9-6-10-33(22-32)41-38(43)31-19-15-29(16-20-31)28-13-11-26(24-40)12-14-28/h3-16,19-20,22-23,27,30,36,42H,2,17-18,21H2,1H3,(H,41,43). The lowest BCUT2D eigenvalue weighted by atomic mass is 9.86. The fraction of sp³-hybridized carbons (Fsp3) is 0.205. The van der Waals surface area contributed by atoms with Crippen LogP contribution in [0.1, 0.15) is 76.4 Å². The van der Waals surface area contributed by atoms with Gasteiger partial charge in [0, 0.05) is 29.2 Å². The van der Waals surface area contributed by atoms with Gasteiger partial charge in [0.2, 0.25) is 0 Å². The maximum atomic E-state index is 13.5. The Morgan fingerprint density at radius 3 is 2.24 bits per heavy atom. The number of hydrogen-bond acceptors (Lipinski definition) is 5. The zero-order valence-electron chi connectivity index (χ0n) is 25.1. The molecule has 1 heterocycles. The fourth-order valence-electron chi connectivity index (χ4n) is 6.01. The van der Waals surface area contributed by atoms with Crippen LogP contribution in [0.25, 0.3) is 11.1 Å². The minimum Gasteiger partial charge on any atom is -0.507 e. The maximum Gasteiger partial charge on any atom is 0.343 e. The SMILES string of the molecule is CCC(Cc1ccccc1)c1cc(O)c(C(c2cccc(NC(=O)c3ccc(-c4ccc(C#N)cc4)cc3)c2)C2CC2)c(=O)o1. The van der Waals surface area contributed by atoms with E-state index >= 15 is 0 Å². The van der Waals surface area contributed by atoms with E-state index in [1.54, 1.807) is 30.3 Å². The molecule has 0 saturated heterocycles. The lowest BCUT2D eigenvalue weighted by molar-refractivity contribution is 0.102. The molecule has 2 atom stereocenters. The Morgan fingerprint density at radius 1 is 0.933 bits per heavy atom. The number of carbonyl (C=O) groups is 1. The number of nitrogens with one attached hydrogen (secondary N) is 1.